The summed E-state index contributed by atoms with van der Waals surface area (Å²) in [6.45, 7) is 1.96. The molecule has 0 bridgehead atoms. The van der Waals surface area contributed by atoms with Gasteiger partial charge >= 0.3 is 17.9 Å². The van der Waals surface area contributed by atoms with Gasteiger partial charge in [-0.05, 0) is 6.42 Å². The fourth-order valence-electron chi connectivity index (χ4n) is 2.53. The Labute approximate surface area is 165 Å². The highest BCUT2D eigenvalue weighted by Gasteiger charge is 2.42. The van der Waals surface area contributed by atoms with Gasteiger partial charge in [0.05, 0.1) is 13.4 Å². The van der Waals surface area contributed by atoms with Crippen LogP contribution in [0.5, 0.6) is 0 Å². The first-order valence-corrected chi connectivity index (χ1v) is 8.55. The first-order chi connectivity index (χ1) is 13.2. The third-order valence-corrected chi connectivity index (χ3v) is 4.26. The standard InChI is InChI=1S/C16H20ClN5O6/c1-9(23)27-6-16(14(25)26-3,7-28-10(2)24)4-5-22-8-19-11-12(17)20-15(18)21-13(11)22/h8H,4-7H2,1-3H3,(H2,18,20,21). The molecule has 28 heavy (non-hydrogen) atoms. The molecule has 0 amide bonds. The van der Waals surface area contributed by atoms with Crippen molar-refractivity contribution in [2.24, 2.45) is 5.41 Å². The second-order valence-electron chi connectivity index (χ2n) is 6.07. The highest BCUT2D eigenvalue weighted by Crippen LogP contribution is 2.28. The van der Waals surface area contributed by atoms with Gasteiger partial charge in [0, 0.05) is 20.4 Å². The van der Waals surface area contributed by atoms with Crippen molar-refractivity contribution in [2.45, 2.75) is 26.8 Å². The molecule has 0 aliphatic heterocycles. The number of fused-ring (bicyclic) bond motifs is 1. The molecule has 2 N–H and O–H groups in total. The molecule has 0 unspecified atom stereocenters. The molecule has 0 spiro atoms. The van der Waals surface area contributed by atoms with Crippen molar-refractivity contribution in [1.82, 2.24) is 19.5 Å². The summed E-state index contributed by atoms with van der Waals surface area (Å²) in [5.74, 6) is -1.89. The minimum atomic E-state index is -1.41. The molecule has 12 heteroatoms. The quantitative estimate of drug-likeness (QED) is 0.373. The van der Waals surface area contributed by atoms with Gasteiger partial charge in [-0.25, -0.2) is 4.98 Å². The molecule has 0 aromatic carbocycles. The van der Waals surface area contributed by atoms with Crippen LogP contribution in [-0.4, -0.2) is 57.8 Å². The molecule has 0 aliphatic rings. The number of aryl methyl sites for hydroxylation is 1. The minimum absolute atomic E-state index is 0.0293. The van der Waals surface area contributed by atoms with E-state index in [9.17, 15) is 14.4 Å². The normalized spacial score (nSPS) is 11.3. The molecule has 0 saturated heterocycles. The van der Waals surface area contributed by atoms with E-state index in [-0.39, 0.29) is 37.3 Å². The van der Waals surface area contributed by atoms with Gasteiger partial charge in [-0.3, -0.25) is 14.4 Å². The van der Waals surface area contributed by atoms with Crippen LogP contribution in [0.1, 0.15) is 20.3 Å². The van der Waals surface area contributed by atoms with E-state index in [1.807, 2.05) is 0 Å². The zero-order valence-corrected chi connectivity index (χ0v) is 16.4. The molecule has 2 rings (SSSR count). The highest BCUT2D eigenvalue weighted by molar-refractivity contribution is 6.33. The Kier molecular flexibility index (Phi) is 6.73. The molecule has 2 aromatic heterocycles. The molecule has 0 saturated carbocycles. The average molecular weight is 414 g/mol. The second kappa shape index (κ2) is 8.83. The number of imidazole rings is 1. The molecule has 152 valence electrons. The molecule has 0 fully saturated rings. The van der Waals surface area contributed by atoms with Crippen molar-refractivity contribution in [2.75, 3.05) is 26.1 Å². The smallest absolute Gasteiger partial charge is 0.318 e. The van der Waals surface area contributed by atoms with Crippen LogP contribution < -0.4 is 5.73 Å². The Bertz CT molecular complexity index is 881. The number of carbonyl (C=O) groups excluding carboxylic acids is 3. The molecular weight excluding hydrogens is 394 g/mol. The average Bonchev–Trinajstić information content (AvgIpc) is 3.03. The van der Waals surface area contributed by atoms with Crippen molar-refractivity contribution in [3.8, 4) is 0 Å². The molecule has 2 heterocycles. The van der Waals surface area contributed by atoms with E-state index in [4.69, 9.17) is 31.5 Å². The summed E-state index contributed by atoms with van der Waals surface area (Å²) in [7, 11) is 1.19. The van der Waals surface area contributed by atoms with Gasteiger partial charge in [0.25, 0.3) is 0 Å². The monoisotopic (exact) mass is 413 g/mol. The van der Waals surface area contributed by atoms with E-state index in [2.05, 4.69) is 15.0 Å². The molecule has 0 atom stereocenters. The number of aromatic nitrogens is 4. The predicted octanol–water partition coefficient (Wildman–Crippen LogP) is 0.738. The summed E-state index contributed by atoms with van der Waals surface area (Å²) in [5, 5.41) is 0.0975. The largest absolute Gasteiger partial charge is 0.468 e. The fourth-order valence-corrected chi connectivity index (χ4v) is 2.75. The highest BCUT2D eigenvalue weighted by atomic mass is 35.5. The van der Waals surface area contributed by atoms with Gasteiger partial charge in [0.15, 0.2) is 10.8 Å². The number of hydrogen-bond donors (Lipinski definition) is 1. The Morgan fingerprint density at radius 3 is 2.32 bits per heavy atom. The van der Waals surface area contributed by atoms with Crippen LogP contribution in [0.25, 0.3) is 11.2 Å². The lowest BCUT2D eigenvalue weighted by atomic mass is 9.86. The Morgan fingerprint density at radius 2 is 1.79 bits per heavy atom. The maximum Gasteiger partial charge on any atom is 0.318 e. The number of anilines is 1. The summed E-state index contributed by atoms with van der Waals surface area (Å²) in [6.07, 6.45) is 1.55. The summed E-state index contributed by atoms with van der Waals surface area (Å²) in [6, 6.07) is 0. The molecular formula is C16H20ClN5O6. The fraction of sp³-hybridized carbons (Fsp3) is 0.500. The van der Waals surface area contributed by atoms with E-state index in [0.717, 1.165) is 0 Å². The number of nitrogen functional groups attached to an aromatic ring is 1. The summed E-state index contributed by atoms with van der Waals surface area (Å²) < 4.78 is 16.5. The second-order valence-corrected chi connectivity index (χ2v) is 6.42. The number of ether oxygens (including phenoxy) is 3. The van der Waals surface area contributed by atoms with Crippen LogP contribution in [0.3, 0.4) is 0 Å². The number of methoxy groups -OCH3 is 1. The van der Waals surface area contributed by atoms with E-state index in [1.165, 1.54) is 27.3 Å². The van der Waals surface area contributed by atoms with Gasteiger partial charge in [0.1, 0.15) is 24.1 Å². The lowest BCUT2D eigenvalue weighted by Gasteiger charge is -2.29. The predicted molar refractivity (Wildman–Crippen MR) is 97.1 cm³/mol. The van der Waals surface area contributed by atoms with Crippen molar-refractivity contribution >= 4 is 46.6 Å². The van der Waals surface area contributed by atoms with Crippen LogP contribution in [0.15, 0.2) is 6.33 Å². The van der Waals surface area contributed by atoms with Crippen LogP contribution >= 0.6 is 11.6 Å². The van der Waals surface area contributed by atoms with E-state index in [0.29, 0.717) is 11.2 Å². The van der Waals surface area contributed by atoms with Gasteiger partial charge in [0.2, 0.25) is 5.95 Å². The molecule has 2 aromatic rings. The van der Waals surface area contributed by atoms with Crippen LogP contribution in [0.2, 0.25) is 5.15 Å². The molecule has 11 nitrogen and oxygen atoms in total. The van der Waals surface area contributed by atoms with Gasteiger partial charge in [-0.2, -0.15) is 9.97 Å². The number of nitrogens with two attached hydrogens (primary N) is 1. The number of halogens is 1. The van der Waals surface area contributed by atoms with Crippen LogP contribution in [0.4, 0.5) is 5.95 Å². The zero-order chi connectivity index (χ0) is 20.9. The maximum absolute atomic E-state index is 12.5. The summed E-state index contributed by atoms with van der Waals surface area (Å²) >= 11 is 6.01. The van der Waals surface area contributed by atoms with Crippen molar-refractivity contribution in [3.05, 3.63) is 11.5 Å². The first kappa shape index (κ1) is 21.4. The Balaban J connectivity index is 2.34. The zero-order valence-electron chi connectivity index (χ0n) is 15.6. The van der Waals surface area contributed by atoms with Crippen molar-refractivity contribution in [3.63, 3.8) is 0 Å². The number of carbonyl (C=O) groups is 3. The topological polar surface area (TPSA) is 149 Å². The third kappa shape index (κ3) is 4.85. The molecule has 0 radical (unpaired) electrons. The minimum Gasteiger partial charge on any atom is -0.468 e. The number of rotatable bonds is 8. The van der Waals surface area contributed by atoms with E-state index in [1.54, 1.807) is 4.57 Å². The lowest BCUT2D eigenvalue weighted by molar-refractivity contribution is -0.169. The first-order valence-electron chi connectivity index (χ1n) is 8.17. The Hall–Kier alpha value is -2.95. The van der Waals surface area contributed by atoms with Gasteiger partial charge in [-0.1, -0.05) is 11.6 Å². The van der Waals surface area contributed by atoms with Crippen molar-refractivity contribution in [1.29, 1.82) is 0 Å². The lowest BCUT2D eigenvalue weighted by Crippen LogP contribution is -2.43. The maximum atomic E-state index is 12.5. The third-order valence-electron chi connectivity index (χ3n) is 3.99. The molecule has 0 aliphatic carbocycles. The van der Waals surface area contributed by atoms with E-state index >= 15 is 0 Å². The van der Waals surface area contributed by atoms with Gasteiger partial charge in [-0.15, -0.1) is 0 Å². The van der Waals surface area contributed by atoms with E-state index < -0.39 is 23.3 Å². The van der Waals surface area contributed by atoms with Crippen LogP contribution in [0, 0.1) is 5.41 Å². The summed E-state index contributed by atoms with van der Waals surface area (Å²) in [4.78, 5) is 47.1. The van der Waals surface area contributed by atoms with Crippen molar-refractivity contribution < 1.29 is 28.6 Å². The number of esters is 3. The van der Waals surface area contributed by atoms with Gasteiger partial charge < -0.3 is 24.5 Å². The number of nitrogens with zero attached hydrogens (tertiary/aromatic N) is 4. The SMILES string of the molecule is COC(=O)C(CCn1cnc2c(Cl)nc(N)nc21)(COC(C)=O)COC(C)=O. The Morgan fingerprint density at radius 1 is 1.18 bits per heavy atom. The number of hydrogen-bond acceptors (Lipinski definition) is 10. The summed E-state index contributed by atoms with van der Waals surface area (Å²) in [5.41, 5.74) is 4.94. The van der Waals surface area contributed by atoms with Crippen LogP contribution in [-0.2, 0) is 35.1 Å².